The molecule has 2 N–H and O–H groups in total. The molecular weight excluding hydrogens is 194 g/mol. The molecule has 84 valence electrons. The molecule has 0 radical (unpaired) electrons. The third-order valence-corrected chi connectivity index (χ3v) is 3.81. The molecule has 0 aromatic carbocycles. The fraction of sp³-hybridized carbons (Fsp3) is 1.00. The number of thioether (sulfide) groups is 1. The van der Waals surface area contributed by atoms with E-state index in [9.17, 15) is 0 Å². The Balaban J connectivity index is 1.99. The zero-order valence-electron chi connectivity index (χ0n) is 9.37. The maximum absolute atomic E-state index is 6.02. The topological polar surface area (TPSA) is 35.2 Å². The highest BCUT2D eigenvalue weighted by atomic mass is 32.2. The van der Waals surface area contributed by atoms with Crippen LogP contribution in [0.25, 0.3) is 0 Å². The lowest BCUT2D eigenvalue weighted by molar-refractivity contribution is 0.101. The summed E-state index contributed by atoms with van der Waals surface area (Å²) in [5.41, 5.74) is 6.02. The molecule has 0 bridgehead atoms. The molecular formula is C11H23NOS. The van der Waals surface area contributed by atoms with E-state index in [-0.39, 0.29) is 0 Å². The summed E-state index contributed by atoms with van der Waals surface area (Å²) in [5.74, 6) is 1.09. The van der Waals surface area contributed by atoms with Crippen molar-refractivity contribution in [3.05, 3.63) is 0 Å². The maximum Gasteiger partial charge on any atom is 0.0576 e. The van der Waals surface area contributed by atoms with Gasteiger partial charge in [-0.1, -0.05) is 13.8 Å². The van der Waals surface area contributed by atoms with Crippen LogP contribution in [0.1, 0.15) is 39.5 Å². The summed E-state index contributed by atoms with van der Waals surface area (Å²) >= 11 is 1.96. The fourth-order valence-corrected chi connectivity index (χ4v) is 2.47. The minimum Gasteiger partial charge on any atom is -0.378 e. The van der Waals surface area contributed by atoms with Gasteiger partial charge in [0.1, 0.15) is 0 Å². The predicted molar refractivity (Wildman–Crippen MR) is 63.8 cm³/mol. The molecule has 1 rings (SSSR count). The third-order valence-electron chi connectivity index (χ3n) is 2.53. The summed E-state index contributed by atoms with van der Waals surface area (Å²) in [7, 11) is 0. The second-order valence-electron chi connectivity index (χ2n) is 4.35. The van der Waals surface area contributed by atoms with Crippen LogP contribution in [0.4, 0.5) is 0 Å². The standard InChI is InChI=1S/C11H23NOS/c1-9(2)14-8-10(12)5-6-11-4-3-7-13-11/h9-11H,3-8,12H2,1-2H3. The summed E-state index contributed by atoms with van der Waals surface area (Å²) in [4.78, 5) is 0. The van der Waals surface area contributed by atoms with Crippen molar-refractivity contribution < 1.29 is 4.74 Å². The van der Waals surface area contributed by atoms with Crippen LogP contribution in [0.3, 0.4) is 0 Å². The molecule has 0 spiro atoms. The Labute approximate surface area is 92.0 Å². The van der Waals surface area contributed by atoms with Crippen LogP contribution in [-0.2, 0) is 4.74 Å². The molecule has 0 amide bonds. The van der Waals surface area contributed by atoms with Crippen molar-refractivity contribution in [1.82, 2.24) is 0 Å². The van der Waals surface area contributed by atoms with E-state index in [0.29, 0.717) is 17.4 Å². The molecule has 0 saturated carbocycles. The van der Waals surface area contributed by atoms with Crippen molar-refractivity contribution in [2.24, 2.45) is 5.73 Å². The third kappa shape index (κ3) is 5.23. The molecule has 1 saturated heterocycles. The average molecular weight is 217 g/mol. The van der Waals surface area contributed by atoms with Crippen LogP contribution in [-0.4, -0.2) is 29.8 Å². The molecule has 1 fully saturated rings. The van der Waals surface area contributed by atoms with Crippen LogP contribution in [0.5, 0.6) is 0 Å². The van der Waals surface area contributed by atoms with Gasteiger partial charge in [-0.3, -0.25) is 0 Å². The minimum absolute atomic E-state index is 0.353. The Bertz CT molecular complexity index is 146. The van der Waals surface area contributed by atoms with Crippen molar-refractivity contribution in [1.29, 1.82) is 0 Å². The Kier molecular flexibility index (Phi) is 5.90. The average Bonchev–Trinajstić information content (AvgIpc) is 2.63. The first-order valence-electron chi connectivity index (χ1n) is 5.67. The molecule has 3 heteroatoms. The van der Waals surface area contributed by atoms with Crippen molar-refractivity contribution in [2.45, 2.75) is 56.9 Å². The predicted octanol–water partition coefficient (Wildman–Crippen LogP) is 2.41. The van der Waals surface area contributed by atoms with Gasteiger partial charge in [-0.25, -0.2) is 0 Å². The molecule has 1 heterocycles. The highest BCUT2D eigenvalue weighted by Gasteiger charge is 2.16. The van der Waals surface area contributed by atoms with E-state index in [4.69, 9.17) is 10.5 Å². The summed E-state index contributed by atoms with van der Waals surface area (Å²) in [6.45, 7) is 5.40. The van der Waals surface area contributed by atoms with E-state index in [2.05, 4.69) is 13.8 Å². The van der Waals surface area contributed by atoms with Gasteiger partial charge in [-0.05, 0) is 30.9 Å². The highest BCUT2D eigenvalue weighted by molar-refractivity contribution is 7.99. The summed E-state index contributed by atoms with van der Waals surface area (Å²) < 4.78 is 5.57. The van der Waals surface area contributed by atoms with E-state index in [1.54, 1.807) is 0 Å². The lowest BCUT2D eigenvalue weighted by Gasteiger charge is -2.15. The molecule has 2 atom stereocenters. The monoisotopic (exact) mass is 217 g/mol. The van der Waals surface area contributed by atoms with E-state index in [1.807, 2.05) is 11.8 Å². The van der Waals surface area contributed by atoms with E-state index < -0.39 is 0 Å². The van der Waals surface area contributed by atoms with Gasteiger partial charge < -0.3 is 10.5 Å². The van der Waals surface area contributed by atoms with Crippen molar-refractivity contribution >= 4 is 11.8 Å². The van der Waals surface area contributed by atoms with Gasteiger partial charge in [0.05, 0.1) is 6.10 Å². The van der Waals surface area contributed by atoms with E-state index in [1.165, 1.54) is 12.8 Å². The molecule has 1 aliphatic heterocycles. The Hall–Kier alpha value is 0.270. The van der Waals surface area contributed by atoms with Crippen molar-refractivity contribution in [3.8, 4) is 0 Å². The van der Waals surface area contributed by atoms with E-state index in [0.717, 1.165) is 25.2 Å². The molecule has 1 aliphatic rings. The molecule has 0 aromatic rings. The van der Waals surface area contributed by atoms with Gasteiger partial charge in [0.15, 0.2) is 0 Å². The first-order valence-corrected chi connectivity index (χ1v) is 6.72. The first kappa shape index (κ1) is 12.3. The summed E-state index contributed by atoms with van der Waals surface area (Å²) in [6.07, 6.45) is 5.25. The smallest absolute Gasteiger partial charge is 0.0576 e. The number of hydrogen-bond acceptors (Lipinski definition) is 3. The van der Waals surface area contributed by atoms with Crippen molar-refractivity contribution in [2.75, 3.05) is 12.4 Å². The Morgan fingerprint density at radius 1 is 1.50 bits per heavy atom. The van der Waals surface area contributed by atoms with Gasteiger partial charge >= 0.3 is 0 Å². The maximum atomic E-state index is 6.02. The Morgan fingerprint density at radius 3 is 2.86 bits per heavy atom. The number of nitrogens with two attached hydrogens (primary N) is 1. The minimum atomic E-state index is 0.353. The highest BCUT2D eigenvalue weighted by Crippen LogP contribution is 2.19. The first-order chi connectivity index (χ1) is 6.68. The van der Waals surface area contributed by atoms with Gasteiger partial charge in [0.2, 0.25) is 0 Å². The van der Waals surface area contributed by atoms with Crippen LogP contribution >= 0.6 is 11.8 Å². The molecule has 14 heavy (non-hydrogen) atoms. The molecule has 0 aromatic heterocycles. The summed E-state index contributed by atoms with van der Waals surface area (Å²) in [6, 6.07) is 0.353. The SMILES string of the molecule is CC(C)SCC(N)CCC1CCCO1. The quantitative estimate of drug-likeness (QED) is 0.742. The lowest BCUT2D eigenvalue weighted by Crippen LogP contribution is -2.25. The normalized spacial score (nSPS) is 24.4. The largest absolute Gasteiger partial charge is 0.378 e. The zero-order chi connectivity index (χ0) is 10.4. The lowest BCUT2D eigenvalue weighted by atomic mass is 10.1. The second kappa shape index (κ2) is 6.70. The Morgan fingerprint density at radius 2 is 2.29 bits per heavy atom. The zero-order valence-corrected chi connectivity index (χ0v) is 10.2. The van der Waals surface area contributed by atoms with Gasteiger partial charge in [0, 0.05) is 18.4 Å². The molecule has 0 aliphatic carbocycles. The van der Waals surface area contributed by atoms with Crippen LogP contribution in [0.15, 0.2) is 0 Å². The second-order valence-corrected chi connectivity index (χ2v) is 5.96. The fourth-order valence-electron chi connectivity index (χ4n) is 1.67. The number of rotatable bonds is 6. The van der Waals surface area contributed by atoms with Crippen LogP contribution in [0.2, 0.25) is 0 Å². The van der Waals surface area contributed by atoms with Gasteiger partial charge in [-0.2, -0.15) is 11.8 Å². The van der Waals surface area contributed by atoms with Crippen molar-refractivity contribution in [3.63, 3.8) is 0 Å². The number of ether oxygens (including phenoxy) is 1. The molecule has 2 nitrogen and oxygen atoms in total. The van der Waals surface area contributed by atoms with E-state index >= 15 is 0 Å². The van der Waals surface area contributed by atoms with Gasteiger partial charge in [-0.15, -0.1) is 0 Å². The number of hydrogen-bond donors (Lipinski definition) is 1. The van der Waals surface area contributed by atoms with Gasteiger partial charge in [0.25, 0.3) is 0 Å². The van der Waals surface area contributed by atoms with Crippen LogP contribution in [0, 0.1) is 0 Å². The van der Waals surface area contributed by atoms with Crippen LogP contribution < -0.4 is 5.73 Å². The summed E-state index contributed by atoms with van der Waals surface area (Å²) in [5, 5.41) is 0.698. The molecule has 2 unspecified atom stereocenters.